The Labute approximate surface area is 531 Å². The molecule has 0 fully saturated rings. The van der Waals surface area contributed by atoms with E-state index in [0.717, 1.165) is 11.4 Å². The van der Waals surface area contributed by atoms with Gasteiger partial charge in [0, 0.05) is 101 Å². The normalized spacial score (nSPS) is 14.2. The molecule has 19 aromatic rings. The number of hydrogen-bond donors (Lipinski definition) is 0. The predicted octanol–water partition coefficient (Wildman–Crippen LogP) is 24.0. The first kappa shape index (κ1) is 50.1. The molecule has 3 nitrogen and oxygen atoms in total. The van der Waals surface area contributed by atoms with Crippen LogP contribution in [0.4, 0.5) is 0 Å². The number of fused-ring (bicyclic) bond motifs is 24. The van der Waals surface area contributed by atoms with Crippen LogP contribution in [-0.4, -0.2) is 13.7 Å². The first-order valence-corrected chi connectivity index (χ1v) is 33.3. The van der Waals surface area contributed by atoms with Crippen molar-refractivity contribution in [1.82, 2.24) is 13.7 Å². The first-order chi connectivity index (χ1) is 44.9. The minimum absolute atomic E-state index is 0.0655. The van der Waals surface area contributed by atoms with Crippen LogP contribution in [0.2, 0.25) is 0 Å². The third kappa shape index (κ3) is 6.76. The molecule has 0 N–H and O–H groups in total. The van der Waals surface area contributed by atoms with Crippen molar-refractivity contribution < 1.29 is 0 Å². The monoisotopic (exact) mass is 1190 g/mol. The minimum Gasteiger partial charge on any atom is -0.309 e. The van der Waals surface area contributed by atoms with E-state index in [1.54, 1.807) is 0 Å². The van der Waals surface area contributed by atoms with Crippen molar-refractivity contribution in [2.24, 2.45) is 0 Å². The average molecular weight is 1190 g/mol. The van der Waals surface area contributed by atoms with Gasteiger partial charge in [-0.1, -0.05) is 190 Å². The van der Waals surface area contributed by atoms with Crippen molar-refractivity contribution >= 4 is 139 Å². The molecular weight excluding hydrogens is 1140 g/mol. The van der Waals surface area contributed by atoms with E-state index in [2.05, 4.69) is 307 Å². The SMILES string of the molecule is CC1(C)c2ccccc2-c2c(C3c4ccccc4-c4ccc5c(c43)c3ccccc3n5-c3ccc4sc5ccc(-c6ccc7sc8ccc(-n9c%10ccccc%10c%10c9ccc9c%11ccccc%11n(-c%11ccc%12ccccc%12c%11)c9%10)cc8c7c6)cc5c4c3)cccc21. The van der Waals surface area contributed by atoms with Crippen LogP contribution >= 0.6 is 22.7 Å². The highest BCUT2D eigenvalue weighted by Gasteiger charge is 2.41. The molecule has 0 amide bonds. The number of hydrogen-bond acceptors (Lipinski definition) is 2. The fourth-order valence-electron chi connectivity index (χ4n) is 16.9. The number of nitrogens with zero attached hydrogens (tertiary/aromatic N) is 3. The zero-order valence-electron chi connectivity index (χ0n) is 49.8. The molecule has 0 radical (unpaired) electrons. The molecular formula is C86H53N3S2. The van der Waals surface area contributed by atoms with Gasteiger partial charge >= 0.3 is 0 Å². The van der Waals surface area contributed by atoms with Crippen molar-refractivity contribution in [1.29, 1.82) is 0 Å². The minimum atomic E-state index is -0.0926. The van der Waals surface area contributed by atoms with Crippen LogP contribution in [0.3, 0.4) is 0 Å². The Balaban J connectivity index is 0.701. The summed E-state index contributed by atoms with van der Waals surface area (Å²) in [5, 5.41) is 15.3. The first-order valence-electron chi connectivity index (χ1n) is 31.7. The van der Waals surface area contributed by atoms with Gasteiger partial charge in [0.25, 0.3) is 0 Å². The molecule has 2 aliphatic rings. The molecule has 2 aliphatic carbocycles. The third-order valence-corrected chi connectivity index (χ3v) is 23.2. The van der Waals surface area contributed by atoms with Crippen LogP contribution < -0.4 is 0 Å². The average Bonchev–Trinajstić information content (AvgIpc) is 1.56. The second kappa shape index (κ2) is 18.2. The zero-order chi connectivity index (χ0) is 59.5. The fraction of sp³-hybridized carbons (Fsp3) is 0.0465. The molecule has 1 atom stereocenters. The van der Waals surface area contributed by atoms with Crippen LogP contribution in [0, 0.1) is 0 Å². The molecule has 14 aromatic carbocycles. The van der Waals surface area contributed by atoms with E-state index >= 15 is 0 Å². The topological polar surface area (TPSA) is 14.8 Å². The van der Waals surface area contributed by atoms with Crippen LogP contribution in [0.25, 0.3) is 167 Å². The van der Waals surface area contributed by atoms with Gasteiger partial charge in [-0.15, -0.1) is 22.7 Å². The van der Waals surface area contributed by atoms with E-state index in [1.807, 2.05) is 22.7 Å². The number of para-hydroxylation sites is 3. The van der Waals surface area contributed by atoms with E-state index < -0.39 is 0 Å². The highest BCUT2D eigenvalue weighted by atomic mass is 32.1. The van der Waals surface area contributed by atoms with Crippen molar-refractivity contribution in [3.63, 3.8) is 0 Å². The maximum absolute atomic E-state index is 2.54. The van der Waals surface area contributed by atoms with Crippen LogP contribution in [0.1, 0.15) is 47.6 Å². The van der Waals surface area contributed by atoms with Gasteiger partial charge in [0.1, 0.15) is 0 Å². The second-order valence-electron chi connectivity index (χ2n) is 25.8. The molecule has 5 heterocycles. The Hall–Kier alpha value is -10.8. The van der Waals surface area contributed by atoms with Crippen LogP contribution in [0.15, 0.2) is 279 Å². The Morgan fingerprint density at radius 2 is 0.813 bits per heavy atom. The Morgan fingerprint density at radius 3 is 1.52 bits per heavy atom. The summed E-state index contributed by atoms with van der Waals surface area (Å²) < 4.78 is 12.7. The molecule has 0 saturated heterocycles. The number of benzene rings is 14. The van der Waals surface area contributed by atoms with Gasteiger partial charge in [-0.05, 0) is 175 Å². The summed E-state index contributed by atoms with van der Waals surface area (Å²) in [5.74, 6) is 0.0655. The molecule has 5 aromatic heterocycles. The van der Waals surface area contributed by atoms with Gasteiger partial charge < -0.3 is 13.7 Å². The van der Waals surface area contributed by atoms with Gasteiger partial charge in [-0.2, -0.15) is 0 Å². The lowest BCUT2D eigenvalue weighted by Gasteiger charge is -2.23. The molecule has 21 rings (SSSR count). The van der Waals surface area contributed by atoms with E-state index in [1.165, 1.54) is 183 Å². The Bertz CT molecular complexity index is 6450. The van der Waals surface area contributed by atoms with Gasteiger partial charge in [0.2, 0.25) is 0 Å². The molecule has 5 heteroatoms. The Morgan fingerprint density at radius 1 is 0.308 bits per heavy atom. The third-order valence-electron chi connectivity index (χ3n) is 20.9. The van der Waals surface area contributed by atoms with E-state index in [9.17, 15) is 0 Å². The summed E-state index contributed by atoms with van der Waals surface area (Å²) in [6.07, 6.45) is 0. The summed E-state index contributed by atoms with van der Waals surface area (Å²) in [6, 6.07) is 106. The number of aromatic nitrogens is 3. The van der Waals surface area contributed by atoms with Gasteiger partial charge in [-0.25, -0.2) is 0 Å². The van der Waals surface area contributed by atoms with Crippen molar-refractivity contribution in [2.45, 2.75) is 25.2 Å². The zero-order valence-corrected chi connectivity index (χ0v) is 51.4. The largest absolute Gasteiger partial charge is 0.309 e. The van der Waals surface area contributed by atoms with Crippen LogP contribution in [0.5, 0.6) is 0 Å². The lowest BCUT2D eigenvalue weighted by Crippen LogP contribution is -2.15. The molecule has 424 valence electrons. The van der Waals surface area contributed by atoms with Gasteiger partial charge in [0.15, 0.2) is 0 Å². The van der Waals surface area contributed by atoms with Crippen molar-refractivity contribution in [3.8, 4) is 50.4 Å². The van der Waals surface area contributed by atoms with Crippen molar-refractivity contribution in [2.75, 3.05) is 0 Å². The second-order valence-corrected chi connectivity index (χ2v) is 28.0. The summed E-state index contributed by atoms with van der Waals surface area (Å²) in [7, 11) is 0. The quantitative estimate of drug-likeness (QED) is 0.163. The smallest absolute Gasteiger partial charge is 0.0641 e. The molecule has 0 aliphatic heterocycles. The van der Waals surface area contributed by atoms with E-state index in [-0.39, 0.29) is 11.3 Å². The summed E-state index contributed by atoms with van der Waals surface area (Å²) in [6.45, 7) is 4.80. The van der Waals surface area contributed by atoms with Gasteiger partial charge in [-0.3, -0.25) is 0 Å². The highest BCUT2D eigenvalue weighted by molar-refractivity contribution is 7.26. The summed E-state index contributed by atoms with van der Waals surface area (Å²) in [4.78, 5) is 0. The standard InChI is InChI=1S/C86H53N3S2/c1-86(2)69-25-11-7-21-61(69)80-64(24-15-26-70(80)86)81-58-20-6-5-18-56(58)59-36-38-74-82(84(59)81)62-22-9-13-28-72(62)87(74)54-34-42-78-67(47-54)65-45-51(31-40-76(65)90-78)52-32-41-77-66(46-52)68-48-55(35-43-79(68)91-77)88-73-29-14-10-23-63(73)83-75(88)39-37-60-57-19-8-12-27-71(57)89(85(60)83)53-33-30-49-16-3-4-17-50(49)44-53/h3-48,81H,1-2H3. The fourth-order valence-corrected chi connectivity index (χ4v) is 19.1. The lowest BCUT2D eigenvalue weighted by molar-refractivity contribution is 0.660. The summed E-state index contributed by atoms with van der Waals surface area (Å²) >= 11 is 3.77. The van der Waals surface area contributed by atoms with Crippen molar-refractivity contribution in [3.05, 3.63) is 307 Å². The van der Waals surface area contributed by atoms with E-state index in [0.29, 0.717) is 0 Å². The number of rotatable bonds is 5. The highest BCUT2D eigenvalue weighted by Crippen LogP contribution is 2.58. The van der Waals surface area contributed by atoms with E-state index in [4.69, 9.17) is 0 Å². The maximum atomic E-state index is 2.54. The maximum Gasteiger partial charge on any atom is 0.0641 e. The number of thiophene rings is 2. The molecule has 0 spiro atoms. The summed E-state index contributed by atoms with van der Waals surface area (Å²) in [5.41, 5.74) is 25.6. The molecule has 91 heavy (non-hydrogen) atoms. The molecule has 0 saturated carbocycles. The van der Waals surface area contributed by atoms with Gasteiger partial charge in [0.05, 0.1) is 33.1 Å². The molecule has 1 unspecified atom stereocenters. The Kier molecular flexibility index (Phi) is 10.0. The van der Waals surface area contributed by atoms with Crippen LogP contribution in [-0.2, 0) is 5.41 Å². The molecule has 0 bridgehead atoms. The lowest BCUT2D eigenvalue weighted by atomic mass is 9.80. The predicted molar refractivity (Wildman–Crippen MR) is 389 cm³/mol.